The zero-order valence-electron chi connectivity index (χ0n) is 10.2. The number of rotatable bonds is 8. The topological polar surface area (TPSA) is 60.2 Å². The molecular weight excluding hydrogens is 230 g/mol. The molecule has 0 aliphatic rings. The van der Waals surface area contributed by atoms with Crippen LogP contribution in [0.4, 0.5) is 0 Å². The minimum Gasteiger partial charge on any atom is -0.467 e. The summed E-state index contributed by atoms with van der Waals surface area (Å²) in [5, 5.41) is 3.29. The van der Waals surface area contributed by atoms with Gasteiger partial charge < -0.3 is 14.5 Å². The molecule has 2 aromatic rings. The smallest absolute Gasteiger partial charge is 0.129 e. The fraction of sp³-hybridized carbons (Fsp3) is 0.385. The fourth-order valence-electron chi connectivity index (χ4n) is 1.50. The van der Waals surface area contributed by atoms with E-state index >= 15 is 0 Å². The van der Waals surface area contributed by atoms with Gasteiger partial charge in [-0.05, 0) is 25.1 Å². The van der Waals surface area contributed by atoms with Crippen LogP contribution >= 0.6 is 0 Å². The van der Waals surface area contributed by atoms with Gasteiger partial charge >= 0.3 is 0 Å². The Hall–Kier alpha value is -1.72. The first-order valence-corrected chi connectivity index (χ1v) is 6.01. The molecule has 0 aliphatic carbocycles. The van der Waals surface area contributed by atoms with Crippen LogP contribution in [0.25, 0.3) is 0 Å². The first-order chi connectivity index (χ1) is 8.95. The van der Waals surface area contributed by atoms with Gasteiger partial charge in [0.05, 0.1) is 12.0 Å². The highest BCUT2D eigenvalue weighted by molar-refractivity contribution is 4.96. The van der Waals surface area contributed by atoms with Crippen molar-refractivity contribution in [2.75, 3.05) is 13.2 Å². The summed E-state index contributed by atoms with van der Waals surface area (Å²) >= 11 is 0. The highest BCUT2D eigenvalue weighted by atomic mass is 16.5. The lowest BCUT2D eigenvalue weighted by Gasteiger charge is -2.04. The lowest BCUT2D eigenvalue weighted by atomic mass is 10.4. The molecule has 0 bridgehead atoms. The van der Waals surface area contributed by atoms with Gasteiger partial charge in [0.25, 0.3) is 0 Å². The van der Waals surface area contributed by atoms with Crippen LogP contribution in [-0.4, -0.2) is 23.1 Å². The molecule has 0 unspecified atom stereocenters. The summed E-state index contributed by atoms with van der Waals surface area (Å²) in [7, 11) is 0. The second-order valence-corrected chi connectivity index (χ2v) is 3.86. The first kappa shape index (κ1) is 12.7. The fourth-order valence-corrected chi connectivity index (χ4v) is 1.50. The average Bonchev–Trinajstić information content (AvgIpc) is 2.92. The molecule has 0 aromatic carbocycles. The van der Waals surface area contributed by atoms with Crippen LogP contribution in [-0.2, 0) is 17.9 Å². The number of hydrogen-bond donors (Lipinski definition) is 1. The van der Waals surface area contributed by atoms with Crippen LogP contribution in [0.5, 0.6) is 0 Å². The monoisotopic (exact) mass is 247 g/mol. The van der Waals surface area contributed by atoms with Crippen molar-refractivity contribution in [3.05, 3.63) is 48.4 Å². The van der Waals surface area contributed by atoms with Crippen LogP contribution in [0, 0.1) is 0 Å². The number of nitrogens with zero attached hydrogens (tertiary/aromatic N) is 2. The number of furan rings is 1. The van der Waals surface area contributed by atoms with Gasteiger partial charge in [-0.2, -0.15) is 0 Å². The SMILES string of the molecule is c1coc(COCCCNCc2cnccn2)c1. The van der Waals surface area contributed by atoms with E-state index in [1.54, 1.807) is 24.9 Å². The number of aromatic nitrogens is 2. The molecule has 96 valence electrons. The number of hydrogen-bond acceptors (Lipinski definition) is 5. The highest BCUT2D eigenvalue weighted by Gasteiger charge is 1.96. The van der Waals surface area contributed by atoms with Crippen molar-refractivity contribution in [3.8, 4) is 0 Å². The maximum Gasteiger partial charge on any atom is 0.129 e. The maximum atomic E-state index is 5.47. The molecule has 5 heteroatoms. The molecule has 0 spiro atoms. The van der Waals surface area contributed by atoms with E-state index in [0.717, 1.165) is 31.0 Å². The summed E-state index contributed by atoms with van der Waals surface area (Å²) in [5.41, 5.74) is 0.953. The van der Waals surface area contributed by atoms with E-state index in [0.29, 0.717) is 13.2 Å². The van der Waals surface area contributed by atoms with Gasteiger partial charge in [-0.15, -0.1) is 0 Å². The second-order valence-electron chi connectivity index (χ2n) is 3.86. The van der Waals surface area contributed by atoms with Crippen LogP contribution in [0.3, 0.4) is 0 Å². The standard InChI is InChI=1S/C13H17N3O2/c1-3-13(18-8-1)11-17-7-2-4-14-9-12-10-15-5-6-16-12/h1,3,5-6,8,10,14H,2,4,7,9,11H2. The molecule has 1 N–H and O–H groups in total. The van der Waals surface area contributed by atoms with E-state index < -0.39 is 0 Å². The van der Waals surface area contributed by atoms with E-state index in [4.69, 9.17) is 9.15 Å². The molecule has 0 radical (unpaired) electrons. The van der Waals surface area contributed by atoms with Crippen molar-refractivity contribution in [2.24, 2.45) is 0 Å². The lowest BCUT2D eigenvalue weighted by molar-refractivity contribution is 0.104. The summed E-state index contributed by atoms with van der Waals surface area (Å²) in [5.74, 6) is 0.863. The zero-order chi connectivity index (χ0) is 12.5. The lowest BCUT2D eigenvalue weighted by Crippen LogP contribution is -2.17. The average molecular weight is 247 g/mol. The largest absolute Gasteiger partial charge is 0.467 e. The van der Waals surface area contributed by atoms with E-state index in [9.17, 15) is 0 Å². The van der Waals surface area contributed by atoms with Gasteiger partial charge in [0.1, 0.15) is 12.4 Å². The van der Waals surface area contributed by atoms with Gasteiger partial charge in [0.15, 0.2) is 0 Å². The van der Waals surface area contributed by atoms with Crippen LogP contribution in [0.15, 0.2) is 41.4 Å². The molecule has 0 fully saturated rings. The van der Waals surface area contributed by atoms with E-state index in [1.165, 1.54) is 0 Å². The Labute approximate surface area is 106 Å². The Morgan fingerprint density at radius 2 is 2.33 bits per heavy atom. The number of ether oxygens (including phenoxy) is 1. The Kier molecular flexibility index (Phi) is 5.36. The van der Waals surface area contributed by atoms with Crippen LogP contribution in [0.1, 0.15) is 17.9 Å². The van der Waals surface area contributed by atoms with Gasteiger partial charge in [-0.25, -0.2) is 0 Å². The molecule has 0 amide bonds. The maximum absolute atomic E-state index is 5.47. The van der Waals surface area contributed by atoms with Gasteiger partial charge in [0.2, 0.25) is 0 Å². The molecule has 2 rings (SSSR count). The third-order valence-electron chi connectivity index (χ3n) is 2.39. The summed E-state index contributed by atoms with van der Waals surface area (Å²) in [6.07, 6.45) is 7.75. The van der Waals surface area contributed by atoms with Crippen molar-refractivity contribution < 1.29 is 9.15 Å². The van der Waals surface area contributed by atoms with Crippen molar-refractivity contribution >= 4 is 0 Å². The van der Waals surface area contributed by atoms with Gasteiger partial charge in [-0.3, -0.25) is 9.97 Å². The third kappa shape index (κ3) is 4.65. The minimum atomic E-state index is 0.539. The van der Waals surface area contributed by atoms with Gasteiger partial charge in [-0.1, -0.05) is 0 Å². The molecular formula is C13H17N3O2. The number of nitrogens with one attached hydrogen (secondary N) is 1. The molecule has 0 aliphatic heterocycles. The second kappa shape index (κ2) is 7.58. The molecule has 2 aromatic heterocycles. The van der Waals surface area contributed by atoms with Crippen LogP contribution < -0.4 is 5.32 Å². The zero-order valence-corrected chi connectivity index (χ0v) is 10.2. The van der Waals surface area contributed by atoms with Crippen molar-refractivity contribution in [3.63, 3.8) is 0 Å². The van der Waals surface area contributed by atoms with E-state index in [2.05, 4.69) is 15.3 Å². The Morgan fingerprint density at radius 3 is 3.11 bits per heavy atom. The molecule has 0 saturated heterocycles. The normalized spacial score (nSPS) is 10.7. The molecule has 0 saturated carbocycles. The van der Waals surface area contributed by atoms with E-state index in [1.807, 2.05) is 12.1 Å². The van der Waals surface area contributed by atoms with Crippen molar-refractivity contribution in [1.29, 1.82) is 0 Å². The van der Waals surface area contributed by atoms with Crippen LogP contribution in [0.2, 0.25) is 0 Å². The van der Waals surface area contributed by atoms with Gasteiger partial charge in [0, 0.05) is 31.7 Å². The molecule has 5 nitrogen and oxygen atoms in total. The first-order valence-electron chi connectivity index (χ1n) is 6.01. The highest BCUT2D eigenvalue weighted by Crippen LogP contribution is 2.01. The Morgan fingerprint density at radius 1 is 1.33 bits per heavy atom. The minimum absolute atomic E-state index is 0.539. The summed E-state index contributed by atoms with van der Waals surface area (Å²) in [6.45, 7) is 2.89. The summed E-state index contributed by atoms with van der Waals surface area (Å²) in [6, 6.07) is 3.77. The molecule has 18 heavy (non-hydrogen) atoms. The summed E-state index contributed by atoms with van der Waals surface area (Å²) < 4.78 is 10.6. The predicted molar refractivity (Wildman–Crippen MR) is 66.7 cm³/mol. The summed E-state index contributed by atoms with van der Waals surface area (Å²) in [4.78, 5) is 8.18. The van der Waals surface area contributed by atoms with E-state index in [-0.39, 0.29) is 0 Å². The Balaban J connectivity index is 1.47. The quantitative estimate of drug-likeness (QED) is 0.720. The third-order valence-corrected chi connectivity index (χ3v) is 2.39. The Bertz CT molecular complexity index is 417. The predicted octanol–water partition coefficient (Wildman–Crippen LogP) is 1.77. The molecule has 0 atom stereocenters. The molecule has 2 heterocycles. The van der Waals surface area contributed by atoms with Crippen molar-refractivity contribution in [1.82, 2.24) is 15.3 Å². The van der Waals surface area contributed by atoms with Crippen molar-refractivity contribution in [2.45, 2.75) is 19.6 Å².